The van der Waals surface area contributed by atoms with Gasteiger partial charge in [0.15, 0.2) is 0 Å². The van der Waals surface area contributed by atoms with Crippen LogP contribution in [0.5, 0.6) is 0 Å². The third-order valence-electron chi connectivity index (χ3n) is 0.725. The lowest BCUT2D eigenvalue weighted by Gasteiger charge is -2.16. The van der Waals surface area contributed by atoms with Crippen LogP contribution in [0.2, 0.25) is 0 Å². The van der Waals surface area contributed by atoms with E-state index in [1.165, 1.54) is 0 Å². The maximum Gasteiger partial charge on any atom is 0.397 e. The topological polar surface area (TPSA) is 49.4 Å². The largest absolute Gasteiger partial charge is 0.542 e. The number of halogens is 2. The molecule has 5 heteroatoms. The van der Waals surface area contributed by atoms with Gasteiger partial charge in [-0.15, -0.1) is 0 Å². The van der Waals surface area contributed by atoms with E-state index < -0.39 is 12.1 Å². The molecular weight excluding hydrogens is 146 g/mol. The van der Waals surface area contributed by atoms with Crippen molar-refractivity contribution in [1.29, 1.82) is 0 Å². The van der Waals surface area contributed by atoms with Gasteiger partial charge in [-0.3, -0.25) is 0 Å². The highest BCUT2D eigenvalue weighted by Gasteiger charge is 2.31. The number of rotatable bonds is 4. The van der Waals surface area contributed by atoms with Crippen LogP contribution in [0, 0.1) is 0 Å². The number of carboxylic acids is 1. The molecule has 0 unspecified atom stereocenters. The summed E-state index contributed by atoms with van der Waals surface area (Å²) in [7, 11) is 0. The van der Waals surface area contributed by atoms with Gasteiger partial charge in [-0.25, -0.2) is 0 Å². The van der Waals surface area contributed by atoms with Crippen molar-refractivity contribution in [2.24, 2.45) is 0 Å². The standard InChI is InChI=1S/C5H8F2O3/c1-2-3-10-5(6,7)4(8)9/h2-3H2,1H3,(H,8,9)/p-1. The van der Waals surface area contributed by atoms with Gasteiger partial charge in [0.25, 0.3) is 0 Å². The highest BCUT2D eigenvalue weighted by Crippen LogP contribution is 2.13. The second-order valence-electron chi connectivity index (χ2n) is 1.65. The minimum absolute atomic E-state index is 0.291. The Morgan fingerprint density at radius 2 is 2.20 bits per heavy atom. The fourth-order valence-electron chi connectivity index (χ4n) is 0.289. The molecule has 0 heterocycles. The van der Waals surface area contributed by atoms with Crippen LogP contribution in [0.1, 0.15) is 13.3 Å². The lowest BCUT2D eigenvalue weighted by molar-refractivity contribution is -0.362. The second kappa shape index (κ2) is 3.46. The Balaban J connectivity index is 3.75. The predicted molar refractivity (Wildman–Crippen MR) is 26.2 cm³/mol. The van der Waals surface area contributed by atoms with Crippen LogP contribution in [0.4, 0.5) is 8.78 Å². The molecule has 0 radical (unpaired) electrons. The van der Waals surface area contributed by atoms with Crippen molar-refractivity contribution < 1.29 is 23.4 Å². The molecule has 0 amide bonds. The zero-order chi connectivity index (χ0) is 8.20. The number of carbonyl (C=O) groups excluding carboxylic acids is 1. The number of ether oxygens (including phenoxy) is 1. The van der Waals surface area contributed by atoms with Crippen molar-refractivity contribution in [2.45, 2.75) is 19.5 Å². The van der Waals surface area contributed by atoms with E-state index in [0.717, 1.165) is 0 Å². The smallest absolute Gasteiger partial charge is 0.397 e. The summed E-state index contributed by atoms with van der Waals surface area (Å²) in [6, 6.07) is 0. The van der Waals surface area contributed by atoms with Gasteiger partial charge < -0.3 is 14.6 Å². The minimum Gasteiger partial charge on any atom is -0.542 e. The van der Waals surface area contributed by atoms with Crippen molar-refractivity contribution >= 4 is 5.97 Å². The molecule has 60 valence electrons. The molecule has 0 saturated carbocycles. The summed E-state index contributed by atoms with van der Waals surface area (Å²) in [5, 5.41) is 9.54. The second-order valence-corrected chi connectivity index (χ2v) is 1.65. The maximum atomic E-state index is 11.8. The van der Waals surface area contributed by atoms with Crippen molar-refractivity contribution in [2.75, 3.05) is 6.61 Å². The van der Waals surface area contributed by atoms with Gasteiger partial charge in [0.1, 0.15) is 5.97 Å². The number of hydrogen-bond acceptors (Lipinski definition) is 3. The van der Waals surface area contributed by atoms with Gasteiger partial charge in [0, 0.05) is 0 Å². The molecule has 0 fully saturated rings. The fourth-order valence-corrected chi connectivity index (χ4v) is 0.289. The minimum atomic E-state index is -4.14. The first kappa shape index (κ1) is 9.29. The lowest BCUT2D eigenvalue weighted by Crippen LogP contribution is -2.43. The monoisotopic (exact) mass is 153 g/mol. The van der Waals surface area contributed by atoms with Gasteiger partial charge in [0.2, 0.25) is 0 Å². The highest BCUT2D eigenvalue weighted by molar-refractivity contribution is 5.71. The number of carboxylic acid groups (broad SMARTS) is 1. The van der Waals surface area contributed by atoms with Gasteiger partial charge in [-0.2, -0.15) is 8.78 Å². The molecule has 0 rings (SSSR count). The van der Waals surface area contributed by atoms with Gasteiger partial charge >= 0.3 is 6.11 Å². The molecule has 0 aromatic carbocycles. The Morgan fingerprint density at radius 3 is 2.50 bits per heavy atom. The Hall–Kier alpha value is -0.710. The maximum absolute atomic E-state index is 11.8. The van der Waals surface area contributed by atoms with Crippen LogP contribution >= 0.6 is 0 Å². The number of aliphatic carboxylic acids is 1. The van der Waals surface area contributed by atoms with Crippen molar-refractivity contribution in [1.82, 2.24) is 0 Å². The Morgan fingerprint density at radius 1 is 1.70 bits per heavy atom. The number of alkyl halides is 2. The van der Waals surface area contributed by atoms with Crippen LogP contribution in [-0.4, -0.2) is 18.7 Å². The Labute approximate surface area is 56.6 Å². The molecule has 0 bridgehead atoms. The van der Waals surface area contributed by atoms with Crippen LogP contribution in [0.15, 0.2) is 0 Å². The zero-order valence-electron chi connectivity index (χ0n) is 5.39. The SMILES string of the molecule is CCCOC(F)(F)C(=O)[O-]. The molecule has 0 spiro atoms. The van der Waals surface area contributed by atoms with Crippen molar-refractivity contribution in [3.8, 4) is 0 Å². The van der Waals surface area contributed by atoms with Crippen LogP contribution in [-0.2, 0) is 9.53 Å². The van der Waals surface area contributed by atoms with E-state index >= 15 is 0 Å². The van der Waals surface area contributed by atoms with Crippen LogP contribution in [0.25, 0.3) is 0 Å². The van der Waals surface area contributed by atoms with Crippen molar-refractivity contribution in [3.05, 3.63) is 0 Å². The van der Waals surface area contributed by atoms with Gasteiger partial charge in [-0.1, -0.05) is 6.92 Å². The molecule has 0 aliphatic carbocycles. The molecule has 0 aromatic heterocycles. The van der Waals surface area contributed by atoms with E-state index in [0.29, 0.717) is 6.42 Å². The van der Waals surface area contributed by atoms with Gasteiger partial charge in [-0.05, 0) is 6.42 Å². The molecule has 0 N–H and O–H groups in total. The van der Waals surface area contributed by atoms with Crippen LogP contribution < -0.4 is 5.11 Å². The number of carbonyl (C=O) groups is 1. The van der Waals surface area contributed by atoms with E-state index in [1.54, 1.807) is 6.92 Å². The molecule has 0 aliphatic rings. The Bertz CT molecular complexity index is 124. The Kier molecular flexibility index (Phi) is 3.21. The fraction of sp³-hybridized carbons (Fsp3) is 0.800. The van der Waals surface area contributed by atoms with E-state index in [4.69, 9.17) is 0 Å². The summed E-state index contributed by atoms with van der Waals surface area (Å²) in [6.07, 6.45) is -3.81. The van der Waals surface area contributed by atoms with Crippen molar-refractivity contribution in [3.63, 3.8) is 0 Å². The first-order valence-electron chi connectivity index (χ1n) is 2.74. The normalized spacial score (nSPS) is 11.5. The third kappa shape index (κ3) is 2.72. The number of hydrogen-bond donors (Lipinski definition) is 0. The summed E-state index contributed by atoms with van der Waals surface area (Å²) in [5.74, 6) is -2.50. The third-order valence-corrected chi connectivity index (χ3v) is 0.725. The summed E-state index contributed by atoms with van der Waals surface area (Å²) in [6.45, 7) is 1.30. The quantitative estimate of drug-likeness (QED) is 0.559. The van der Waals surface area contributed by atoms with E-state index in [2.05, 4.69) is 4.74 Å². The molecule has 0 aromatic rings. The summed E-state index contributed by atoms with van der Waals surface area (Å²) in [4.78, 5) is 9.54. The summed E-state index contributed by atoms with van der Waals surface area (Å²) >= 11 is 0. The summed E-state index contributed by atoms with van der Waals surface area (Å²) in [5.41, 5.74) is 0. The zero-order valence-corrected chi connectivity index (χ0v) is 5.39. The first-order chi connectivity index (χ1) is 4.50. The predicted octanol–water partition coefficient (Wildman–Crippen LogP) is -0.244. The molecule has 3 nitrogen and oxygen atoms in total. The molecule has 0 aliphatic heterocycles. The molecule has 0 saturated heterocycles. The first-order valence-corrected chi connectivity index (χ1v) is 2.74. The van der Waals surface area contributed by atoms with E-state index in [9.17, 15) is 18.7 Å². The summed E-state index contributed by atoms with van der Waals surface area (Å²) < 4.78 is 27.3. The highest BCUT2D eigenvalue weighted by atomic mass is 19.3. The molecular formula is C5H7F2O3-. The molecule has 0 atom stereocenters. The van der Waals surface area contributed by atoms with Crippen LogP contribution in [0.3, 0.4) is 0 Å². The van der Waals surface area contributed by atoms with E-state index in [1.807, 2.05) is 0 Å². The van der Waals surface area contributed by atoms with E-state index in [-0.39, 0.29) is 6.61 Å². The average Bonchev–Trinajstić information content (AvgIpc) is 1.84. The lowest BCUT2D eigenvalue weighted by atomic mass is 10.5. The molecule has 10 heavy (non-hydrogen) atoms. The van der Waals surface area contributed by atoms with Gasteiger partial charge in [0.05, 0.1) is 6.61 Å². The average molecular weight is 153 g/mol.